The van der Waals surface area contributed by atoms with E-state index in [4.69, 9.17) is 4.74 Å². The molecule has 0 spiro atoms. The summed E-state index contributed by atoms with van der Waals surface area (Å²) < 4.78 is 19.0. The van der Waals surface area contributed by atoms with Crippen molar-refractivity contribution < 1.29 is 9.13 Å². The van der Waals surface area contributed by atoms with Crippen molar-refractivity contribution in [3.8, 4) is 0 Å². The zero-order valence-corrected chi connectivity index (χ0v) is 10.9. The number of halogens is 1. The van der Waals surface area contributed by atoms with Crippen molar-refractivity contribution in [3.05, 3.63) is 17.3 Å². The molecule has 1 aromatic rings. The van der Waals surface area contributed by atoms with E-state index >= 15 is 0 Å². The van der Waals surface area contributed by atoms with Gasteiger partial charge < -0.3 is 10.1 Å². The Bertz CT molecular complexity index is 371. The zero-order chi connectivity index (χ0) is 12.8. The Kier molecular flexibility index (Phi) is 5.28. The molecule has 0 saturated heterocycles. The molecule has 0 bridgehead atoms. The Morgan fingerprint density at radius 3 is 2.59 bits per heavy atom. The second-order valence-corrected chi connectivity index (χ2v) is 3.87. The lowest BCUT2D eigenvalue weighted by atomic mass is 10.2. The summed E-state index contributed by atoms with van der Waals surface area (Å²) in [6.45, 7) is 6.22. The fourth-order valence-corrected chi connectivity index (χ4v) is 1.62. The first-order valence-corrected chi connectivity index (χ1v) is 5.94. The topological polar surface area (TPSA) is 47.0 Å². The maximum Gasteiger partial charge on any atom is 0.186 e. The van der Waals surface area contributed by atoms with Gasteiger partial charge in [0.05, 0.1) is 5.69 Å². The molecule has 0 amide bonds. The summed E-state index contributed by atoms with van der Waals surface area (Å²) in [6, 6.07) is 0. The minimum Gasteiger partial charge on any atom is -0.373 e. The minimum atomic E-state index is -0.387. The molecule has 1 rings (SSSR count). The van der Waals surface area contributed by atoms with Crippen LogP contribution < -0.4 is 5.32 Å². The summed E-state index contributed by atoms with van der Waals surface area (Å²) in [5, 5.41) is 2.90. The van der Waals surface area contributed by atoms with Crippen LogP contribution in [0, 0.1) is 12.7 Å². The van der Waals surface area contributed by atoms with E-state index < -0.39 is 0 Å². The van der Waals surface area contributed by atoms with Crippen LogP contribution in [0.15, 0.2) is 0 Å². The van der Waals surface area contributed by atoms with Crippen LogP contribution in [-0.4, -0.2) is 23.6 Å². The third-order valence-electron chi connectivity index (χ3n) is 2.50. The van der Waals surface area contributed by atoms with Crippen LogP contribution >= 0.6 is 0 Å². The van der Waals surface area contributed by atoms with Crippen molar-refractivity contribution in [1.82, 2.24) is 9.97 Å². The first-order chi connectivity index (χ1) is 8.13. The van der Waals surface area contributed by atoms with Gasteiger partial charge >= 0.3 is 0 Å². The lowest BCUT2D eigenvalue weighted by Crippen LogP contribution is -2.13. The van der Waals surface area contributed by atoms with E-state index in [0.29, 0.717) is 18.1 Å². The van der Waals surface area contributed by atoms with Gasteiger partial charge in [-0.1, -0.05) is 13.3 Å². The highest BCUT2D eigenvalue weighted by molar-refractivity contribution is 5.38. The molecular formula is C12H20FN3O. The molecule has 1 unspecified atom stereocenters. The number of hydrogen-bond donors (Lipinski definition) is 1. The van der Waals surface area contributed by atoms with Gasteiger partial charge in [-0.05, 0) is 20.3 Å². The molecule has 0 aliphatic rings. The number of aryl methyl sites for hydroxylation is 1. The van der Waals surface area contributed by atoms with Crippen molar-refractivity contribution in [3.63, 3.8) is 0 Å². The second kappa shape index (κ2) is 6.49. The predicted molar refractivity (Wildman–Crippen MR) is 65.5 cm³/mol. The third-order valence-corrected chi connectivity index (χ3v) is 2.50. The van der Waals surface area contributed by atoms with Crippen LogP contribution in [0.2, 0.25) is 0 Å². The Morgan fingerprint density at radius 1 is 1.35 bits per heavy atom. The highest BCUT2D eigenvalue weighted by Gasteiger charge is 2.17. The molecule has 4 nitrogen and oxygen atoms in total. The average molecular weight is 241 g/mol. The van der Waals surface area contributed by atoms with Gasteiger partial charge in [0.1, 0.15) is 6.10 Å². The van der Waals surface area contributed by atoms with Crippen LogP contribution in [0.3, 0.4) is 0 Å². The van der Waals surface area contributed by atoms with E-state index in [9.17, 15) is 4.39 Å². The number of rotatable bonds is 6. The smallest absolute Gasteiger partial charge is 0.186 e. The quantitative estimate of drug-likeness (QED) is 0.832. The third kappa shape index (κ3) is 3.36. The molecule has 0 aromatic carbocycles. The van der Waals surface area contributed by atoms with Gasteiger partial charge in [0.15, 0.2) is 17.5 Å². The van der Waals surface area contributed by atoms with E-state index in [0.717, 1.165) is 12.8 Å². The predicted octanol–water partition coefficient (Wildman–Crippen LogP) is 2.84. The van der Waals surface area contributed by atoms with Crippen molar-refractivity contribution in [2.45, 2.75) is 39.7 Å². The Morgan fingerprint density at radius 2 is 2.06 bits per heavy atom. The highest BCUT2D eigenvalue weighted by atomic mass is 19.1. The first-order valence-electron chi connectivity index (χ1n) is 5.94. The maximum atomic E-state index is 13.7. The molecule has 0 radical (unpaired) electrons. The van der Waals surface area contributed by atoms with Gasteiger partial charge in [-0.15, -0.1) is 0 Å². The van der Waals surface area contributed by atoms with E-state index in [1.807, 2.05) is 6.92 Å². The zero-order valence-electron chi connectivity index (χ0n) is 10.9. The number of aromatic nitrogens is 2. The minimum absolute atomic E-state index is 0.170. The lowest BCUT2D eigenvalue weighted by molar-refractivity contribution is 0.0874. The SMILES string of the molecule is CCCC(OC)c1nc(C)c(F)c(NCC)n1. The van der Waals surface area contributed by atoms with Gasteiger partial charge in [0.2, 0.25) is 0 Å². The molecule has 0 aliphatic heterocycles. The van der Waals surface area contributed by atoms with Gasteiger partial charge in [-0.3, -0.25) is 0 Å². The molecule has 0 fully saturated rings. The maximum absolute atomic E-state index is 13.7. The fraction of sp³-hybridized carbons (Fsp3) is 0.667. The van der Waals surface area contributed by atoms with Crippen LogP contribution in [0.5, 0.6) is 0 Å². The molecule has 1 aromatic heterocycles. The summed E-state index contributed by atoms with van der Waals surface area (Å²) in [7, 11) is 1.62. The number of nitrogens with one attached hydrogen (secondary N) is 1. The molecule has 96 valence electrons. The monoisotopic (exact) mass is 241 g/mol. The van der Waals surface area contributed by atoms with E-state index in [-0.39, 0.29) is 17.7 Å². The Balaban J connectivity index is 3.07. The van der Waals surface area contributed by atoms with Crippen LogP contribution in [0.1, 0.15) is 44.3 Å². The molecule has 0 saturated carbocycles. The molecule has 1 atom stereocenters. The van der Waals surface area contributed by atoms with Gasteiger partial charge in [-0.2, -0.15) is 0 Å². The van der Waals surface area contributed by atoms with Crippen molar-refractivity contribution in [2.75, 3.05) is 19.0 Å². The van der Waals surface area contributed by atoms with E-state index in [2.05, 4.69) is 22.2 Å². The fourth-order valence-electron chi connectivity index (χ4n) is 1.62. The van der Waals surface area contributed by atoms with Crippen molar-refractivity contribution in [2.24, 2.45) is 0 Å². The summed E-state index contributed by atoms with van der Waals surface area (Å²) in [6.07, 6.45) is 1.62. The summed E-state index contributed by atoms with van der Waals surface area (Å²) in [4.78, 5) is 8.34. The Labute approximate surface area is 102 Å². The summed E-state index contributed by atoms with van der Waals surface area (Å²) in [5.41, 5.74) is 0.351. The largest absolute Gasteiger partial charge is 0.373 e. The standard InChI is InChI=1S/C12H20FN3O/c1-5-7-9(17-4)11-15-8(3)10(13)12(16-11)14-6-2/h9H,5-7H2,1-4H3,(H,14,15,16). The number of anilines is 1. The summed E-state index contributed by atoms with van der Waals surface area (Å²) in [5.74, 6) is 0.416. The van der Waals surface area contributed by atoms with Crippen LogP contribution in [0.4, 0.5) is 10.2 Å². The molecule has 1 N–H and O–H groups in total. The lowest BCUT2D eigenvalue weighted by Gasteiger charge is -2.15. The van der Waals surface area contributed by atoms with Gasteiger partial charge in [0, 0.05) is 13.7 Å². The molecule has 0 aliphatic carbocycles. The molecule has 5 heteroatoms. The number of ether oxygens (including phenoxy) is 1. The second-order valence-electron chi connectivity index (χ2n) is 3.87. The molecular weight excluding hydrogens is 221 g/mol. The summed E-state index contributed by atoms with van der Waals surface area (Å²) >= 11 is 0. The van der Waals surface area contributed by atoms with Gasteiger partial charge in [0.25, 0.3) is 0 Å². The van der Waals surface area contributed by atoms with Gasteiger partial charge in [-0.25, -0.2) is 14.4 Å². The molecule has 1 heterocycles. The Hall–Kier alpha value is -1.23. The molecule has 17 heavy (non-hydrogen) atoms. The highest BCUT2D eigenvalue weighted by Crippen LogP contribution is 2.22. The van der Waals surface area contributed by atoms with Crippen LogP contribution in [0.25, 0.3) is 0 Å². The first kappa shape index (κ1) is 13.8. The van der Waals surface area contributed by atoms with E-state index in [1.54, 1.807) is 14.0 Å². The number of nitrogens with zero attached hydrogens (tertiary/aromatic N) is 2. The number of hydrogen-bond acceptors (Lipinski definition) is 4. The number of methoxy groups -OCH3 is 1. The average Bonchev–Trinajstić information content (AvgIpc) is 2.32. The van der Waals surface area contributed by atoms with Crippen LogP contribution in [-0.2, 0) is 4.74 Å². The normalized spacial score (nSPS) is 12.5. The van der Waals surface area contributed by atoms with Crippen molar-refractivity contribution >= 4 is 5.82 Å². The van der Waals surface area contributed by atoms with E-state index in [1.165, 1.54) is 0 Å². The van der Waals surface area contributed by atoms with Crippen molar-refractivity contribution in [1.29, 1.82) is 0 Å².